The summed E-state index contributed by atoms with van der Waals surface area (Å²) in [6.07, 6.45) is -3.29. The zero-order valence-electron chi connectivity index (χ0n) is 10.6. The van der Waals surface area contributed by atoms with Gasteiger partial charge in [0.25, 0.3) is 0 Å². The third kappa shape index (κ3) is 2.39. The van der Waals surface area contributed by atoms with E-state index >= 15 is 0 Å². The third-order valence-electron chi connectivity index (χ3n) is 3.32. The number of aliphatic carboxylic acids is 1. The molecule has 21 heavy (non-hydrogen) atoms. The van der Waals surface area contributed by atoms with Crippen LogP contribution in [0.1, 0.15) is 30.0 Å². The lowest BCUT2D eigenvalue weighted by Crippen LogP contribution is -2.16. The van der Waals surface area contributed by atoms with Gasteiger partial charge in [-0.3, -0.25) is 9.59 Å². The second-order valence-electron chi connectivity index (χ2n) is 4.98. The van der Waals surface area contributed by atoms with Gasteiger partial charge in [0.1, 0.15) is 12.2 Å². The zero-order chi connectivity index (χ0) is 15.4. The van der Waals surface area contributed by atoms with Gasteiger partial charge in [0.15, 0.2) is 0 Å². The maximum Gasteiger partial charge on any atom is 0.417 e. The summed E-state index contributed by atoms with van der Waals surface area (Å²) in [6, 6.07) is 0.487. The summed E-state index contributed by atoms with van der Waals surface area (Å²) >= 11 is 0. The molecule has 0 atom stereocenters. The summed E-state index contributed by atoms with van der Waals surface area (Å²) in [5, 5.41) is 12.6. The Bertz CT molecular complexity index is 787. The van der Waals surface area contributed by atoms with Crippen LogP contribution >= 0.6 is 0 Å². The van der Waals surface area contributed by atoms with Crippen LogP contribution in [0, 0.1) is 0 Å². The molecule has 0 spiro atoms. The van der Waals surface area contributed by atoms with E-state index in [1.165, 1.54) is 0 Å². The number of aromatic nitrogens is 3. The van der Waals surface area contributed by atoms with E-state index in [0.29, 0.717) is 18.9 Å². The van der Waals surface area contributed by atoms with E-state index < -0.39 is 29.8 Å². The van der Waals surface area contributed by atoms with Gasteiger partial charge in [0, 0.05) is 12.0 Å². The zero-order valence-corrected chi connectivity index (χ0v) is 10.6. The van der Waals surface area contributed by atoms with Gasteiger partial charge in [-0.15, -0.1) is 0 Å². The van der Waals surface area contributed by atoms with Crippen molar-refractivity contribution >= 4 is 17.0 Å². The van der Waals surface area contributed by atoms with Crippen molar-refractivity contribution in [1.82, 2.24) is 14.8 Å². The molecule has 0 aliphatic heterocycles. The van der Waals surface area contributed by atoms with Crippen molar-refractivity contribution in [2.75, 3.05) is 0 Å². The quantitative estimate of drug-likeness (QED) is 0.903. The van der Waals surface area contributed by atoms with E-state index in [4.69, 9.17) is 5.11 Å². The molecule has 1 aliphatic carbocycles. The van der Waals surface area contributed by atoms with E-state index in [-0.39, 0.29) is 22.6 Å². The fraction of sp³-hybridized carbons (Fsp3) is 0.417. The molecule has 0 aromatic carbocycles. The van der Waals surface area contributed by atoms with Crippen molar-refractivity contribution in [2.45, 2.75) is 31.5 Å². The number of hydrogen-bond acceptors (Lipinski definition) is 3. The summed E-state index contributed by atoms with van der Waals surface area (Å²) in [5.41, 5.74) is -2.00. The standard InChI is InChI=1S/C12H10F3N3O3/c13-12(14,15)6-3-7(19)16-11-9(6)10(5-1-2-5)17-18(11)4-8(20)21/h3,5H,1-2,4H2,(H,16,19)(H,20,21). The third-order valence-corrected chi connectivity index (χ3v) is 3.32. The Hall–Kier alpha value is -2.32. The van der Waals surface area contributed by atoms with E-state index in [1.807, 2.05) is 0 Å². The predicted molar refractivity (Wildman–Crippen MR) is 65.0 cm³/mol. The molecule has 9 heteroatoms. The molecule has 6 nitrogen and oxygen atoms in total. The lowest BCUT2D eigenvalue weighted by molar-refractivity contribution is -0.138. The average molecular weight is 301 g/mol. The van der Waals surface area contributed by atoms with Gasteiger partial charge >= 0.3 is 12.1 Å². The first-order valence-corrected chi connectivity index (χ1v) is 6.20. The van der Waals surface area contributed by atoms with Crippen molar-refractivity contribution < 1.29 is 23.1 Å². The van der Waals surface area contributed by atoms with Crippen molar-refractivity contribution in [3.63, 3.8) is 0 Å². The number of carboxylic acids is 1. The summed E-state index contributed by atoms with van der Waals surface area (Å²) in [5.74, 6) is -1.37. The minimum Gasteiger partial charge on any atom is -0.480 e. The molecule has 1 saturated carbocycles. The number of alkyl halides is 3. The van der Waals surface area contributed by atoms with Gasteiger partial charge in [-0.05, 0) is 12.8 Å². The van der Waals surface area contributed by atoms with Gasteiger partial charge in [-0.25, -0.2) is 4.68 Å². The highest BCUT2D eigenvalue weighted by Crippen LogP contribution is 2.45. The largest absolute Gasteiger partial charge is 0.480 e. The first-order chi connectivity index (χ1) is 9.77. The maximum atomic E-state index is 13.1. The normalized spacial score (nSPS) is 15.6. The smallest absolute Gasteiger partial charge is 0.417 e. The van der Waals surface area contributed by atoms with Crippen LogP contribution < -0.4 is 5.56 Å². The summed E-state index contributed by atoms with van der Waals surface area (Å²) in [7, 11) is 0. The van der Waals surface area contributed by atoms with Crippen molar-refractivity contribution in [2.24, 2.45) is 0 Å². The molecule has 2 N–H and O–H groups in total. The van der Waals surface area contributed by atoms with Crippen LogP contribution in [0.15, 0.2) is 10.9 Å². The molecule has 0 unspecified atom stereocenters. The highest BCUT2D eigenvalue weighted by molar-refractivity contribution is 5.84. The SMILES string of the molecule is O=C(O)Cn1nc(C2CC2)c2c(C(F)(F)F)cc(=O)[nH]c21. The lowest BCUT2D eigenvalue weighted by Gasteiger charge is -2.08. The molecular formula is C12H10F3N3O3. The molecule has 2 aromatic heterocycles. The Kier molecular flexibility index (Phi) is 2.82. The summed E-state index contributed by atoms with van der Waals surface area (Å²) in [4.78, 5) is 24.5. The van der Waals surface area contributed by atoms with Crippen LogP contribution in [0.2, 0.25) is 0 Å². The Labute approximate surface area is 115 Å². The Morgan fingerprint density at radius 3 is 2.67 bits per heavy atom. The van der Waals surface area contributed by atoms with E-state index in [0.717, 1.165) is 4.68 Å². The van der Waals surface area contributed by atoms with Gasteiger partial charge in [-0.1, -0.05) is 0 Å². The lowest BCUT2D eigenvalue weighted by atomic mass is 10.1. The fourth-order valence-corrected chi connectivity index (χ4v) is 2.34. The van der Waals surface area contributed by atoms with Gasteiger partial charge in [0.2, 0.25) is 5.56 Å². The summed E-state index contributed by atoms with van der Waals surface area (Å²) in [6.45, 7) is -0.611. The van der Waals surface area contributed by atoms with Gasteiger partial charge in [0.05, 0.1) is 16.6 Å². The Morgan fingerprint density at radius 2 is 2.14 bits per heavy atom. The van der Waals surface area contributed by atoms with Crippen LogP contribution in [-0.2, 0) is 17.5 Å². The number of halogens is 3. The second kappa shape index (κ2) is 4.34. The Balaban J connectivity index is 2.35. The molecule has 1 aliphatic rings. The van der Waals surface area contributed by atoms with Crippen LogP contribution in [0.25, 0.3) is 11.0 Å². The Morgan fingerprint density at radius 1 is 1.48 bits per heavy atom. The molecule has 1 fully saturated rings. The molecule has 0 radical (unpaired) electrons. The molecule has 112 valence electrons. The molecular weight excluding hydrogens is 291 g/mol. The summed E-state index contributed by atoms with van der Waals surface area (Å²) < 4.78 is 40.3. The van der Waals surface area contributed by atoms with Gasteiger partial charge in [-0.2, -0.15) is 18.3 Å². The van der Waals surface area contributed by atoms with Crippen molar-refractivity contribution in [1.29, 1.82) is 0 Å². The monoisotopic (exact) mass is 301 g/mol. The number of hydrogen-bond donors (Lipinski definition) is 2. The number of nitrogens with one attached hydrogen (secondary N) is 1. The molecule has 0 amide bonds. The fourth-order valence-electron chi connectivity index (χ4n) is 2.34. The minimum atomic E-state index is -4.70. The first-order valence-electron chi connectivity index (χ1n) is 6.20. The number of carbonyl (C=O) groups is 1. The van der Waals surface area contributed by atoms with Crippen LogP contribution in [-0.4, -0.2) is 25.8 Å². The topological polar surface area (TPSA) is 88.0 Å². The number of pyridine rings is 1. The molecule has 3 rings (SSSR count). The number of fused-ring (bicyclic) bond motifs is 1. The van der Waals surface area contributed by atoms with Crippen LogP contribution in [0.4, 0.5) is 13.2 Å². The first kappa shape index (κ1) is 13.7. The number of H-pyrrole nitrogens is 1. The van der Waals surface area contributed by atoms with E-state index in [1.54, 1.807) is 0 Å². The van der Waals surface area contributed by atoms with Crippen molar-refractivity contribution in [3.05, 3.63) is 27.7 Å². The number of nitrogens with zero attached hydrogens (tertiary/aromatic N) is 2. The average Bonchev–Trinajstić information content (AvgIpc) is 3.12. The highest BCUT2D eigenvalue weighted by atomic mass is 19.4. The van der Waals surface area contributed by atoms with Crippen LogP contribution in [0.3, 0.4) is 0 Å². The maximum absolute atomic E-state index is 13.1. The minimum absolute atomic E-state index is 0.116. The second-order valence-corrected chi connectivity index (χ2v) is 4.98. The van der Waals surface area contributed by atoms with Crippen molar-refractivity contribution in [3.8, 4) is 0 Å². The number of rotatable bonds is 3. The molecule has 0 saturated heterocycles. The van der Waals surface area contributed by atoms with Gasteiger partial charge < -0.3 is 10.1 Å². The molecule has 2 aromatic rings. The number of aromatic amines is 1. The van der Waals surface area contributed by atoms with E-state index in [2.05, 4.69) is 10.1 Å². The number of carboxylic acid groups (broad SMARTS) is 1. The van der Waals surface area contributed by atoms with Crippen LogP contribution in [0.5, 0.6) is 0 Å². The molecule has 2 heterocycles. The molecule has 0 bridgehead atoms. The van der Waals surface area contributed by atoms with E-state index in [9.17, 15) is 22.8 Å². The highest BCUT2D eigenvalue weighted by Gasteiger charge is 2.39. The predicted octanol–water partition coefficient (Wildman–Crippen LogP) is 1.71.